The molecule has 112 valence electrons. The zero-order valence-corrected chi connectivity index (χ0v) is 12.5. The summed E-state index contributed by atoms with van der Waals surface area (Å²) in [5, 5.41) is 0. The van der Waals surface area contributed by atoms with Crippen molar-refractivity contribution in [2.75, 3.05) is 25.7 Å². The molecule has 7 heteroatoms. The minimum atomic E-state index is 0.143. The van der Waals surface area contributed by atoms with Gasteiger partial charge in [-0.2, -0.15) is 0 Å². The number of nitrogens with zero attached hydrogens (tertiary/aromatic N) is 5. The summed E-state index contributed by atoms with van der Waals surface area (Å²) >= 11 is 0. The van der Waals surface area contributed by atoms with Crippen LogP contribution < -0.4 is 9.64 Å². The number of ether oxygens (including phenoxy) is 2. The maximum absolute atomic E-state index is 5.22. The molecule has 0 aromatic carbocycles. The molecule has 0 saturated carbocycles. The van der Waals surface area contributed by atoms with Gasteiger partial charge in [0.1, 0.15) is 18.0 Å². The summed E-state index contributed by atoms with van der Waals surface area (Å²) in [6, 6.07) is 1.99. The van der Waals surface area contributed by atoms with Crippen molar-refractivity contribution in [1.29, 1.82) is 0 Å². The molecular formula is C14H19N5O2. The average molecular weight is 289 g/mol. The van der Waals surface area contributed by atoms with Gasteiger partial charge >= 0.3 is 0 Å². The lowest BCUT2D eigenvalue weighted by molar-refractivity contribution is 0.177. The Balaban J connectivity index is 1.89. The van der Waals surface area contributed by atoms with Crippen LogP contribution in [0.5, 0.6) is 5.88 Å². The van der Waals surface area contributed by atoms with Crippen LogP contribution in [0.3, 0.4) is 0 Å². The third-order valence-electron chi connectivity index (χ3n) is 3.80. The number of hydrogen-bond acceptors (Lipinski definition) is 6. The van der Waals surface area contributed by atoms with Gasteiger partial charge in [-0.25, -0.2) is 15.0 Å². The molecule has 0 unspecified atom stereocenters. The molecule has 3 heterocycles. The molecule has 1 aliphatic heterocycles. The Labute approximate surface area is 123 Å². The standard InChI is InChI=1S/C14H19N5O2/c1-10-14-15-7-11(8-20-2)19(14)5-4-18(10)12-6-13(21-3)17-9-16-12/h6-7,9-10H,4-5,8H2,1-3H3/t10-/m1/s1. The van der Waals surface area contributed by atoms with Crippen LogP contribution >= 0.6 is 0 Å². The van der Waals surface area contributed by atoms with Crippen molar-refractivity contribution in [3.63, 3.8) is 0 Å². The Morgan fingerprint density at radius 1 is 1.24 bits per heavy atom. The van der Waals surface area contributed by atoms with Crippen LogP contribution in [-0.4, -0.2) is 40.3 Å². The minimum absolute atomic E-state index is 0.143. The van der Waals surface area contributed by atoms with Gasteiger partial charge in [0.15, 0.2) is 0 Å². The number of methoxy groups -OCH3 is 2. The lowest BCUT2D eigenvalue weighted by Crippen LogP contribution is -2.38. The highest BCUT2D eigenvalue weighted by Gasteiger charge is 2.28. The quantitative estimate of drug-likeness (QED) is 0.848. The van der Waals surface area contributed by atoms with Gasteiger partial charge in [0.05, 0.1) is 31.6 Å². The topological polar surface area (TPSA) is 65.3 Å². The number of hydrogen-bond donors (Lipinski definition) is 0. The predicted molar refractivity (Wildman–Crippen MR) is 77.3 cm³/mol. The molecule has 7 nitrogen and oxygen atoms in total. The zero-order valence-electron chi connectivity index (χ0n) is 12.5. The largest absolute Gasteiger partial charge is 0.481 e. The molecular weight excluding hydrogens is 270 g/mol. The summed E-state index contributed by atoms with van der Waals surface area (Å²) in [6.45, 7) is 4.44. The monoisotopic (exact) mass is 289 g/mol. The number of anilines is 1. The minimum Gasteiger partial charge on any atom is -0.481 e. The van der Waals surface area contributed by atoms with Gasteiger partial charge in [-0.3, -0.25) is 0 Å². The second-order valence-electron chi connectivity index (χ2n) is 4.98. The second kappa shape index (κ2) is 5.69. The molecule has 0 N–H and O–H groups in total. The van der Waals surface area contributed by atoms with Gasteiger partial charge in [0.2, 0.25) is 5.88 Å². The molecule has 0 radical (unpaired) electrons. The van der Waals surface area contributed by atoms with Gasteiger partial charge in [-0.15, -0.1) is 0 Å². The van der Waals surface area contributed by atoms with E-state index in [0.717, 1.165) is 30.4 Å². The summed E-state index contributed by atoms with van der Waals surface area (Å²) in [4.78, 5) is 15.2. The van der Waals surface area contributed by atoms with E-state index in [1.165, 1.54) is 6.33 Å². The van der Waals surface area contributed by atoms with Crippen molar-refractivity contribution in [1.82, 2.24) is 19.5 Å². The summed E-state index contributed by atoms with van der Waals surface area (Å²) < 4.78 is 12.6. The predicted octanol–water partition coefficient (Wildman–Crippen LogP) is 1.41. The van der Waals surface area contributed by atoms with Crippen molar-refractivity contribution in [3.8, 4) is 5.88 Å². The van der Waals surface area contributed by atoms with Gasteiger partial charge in [-0.05, 0) is 6.92 Å². The van der Waals surface area contributed by atoms with E-state index in [9.17, 15) is 0 Å². The molecule has 1 atom stereocenters. The van der Waals surface area contributed by atoms with E-state index >= 15 is 0 Å². The first-order chi connectivity index (χ1) is 10.2. The van der Waals surface area contributed by atoms with Gasteiger partial charge in [-0.1, -0.05) is 0 Å². The van der Waals surface area contributed by atoms with Crippen molar-refractivity contribution in [3.05, 3.63) is 30.1 Å². The SMILES string of the molecule is COCc1cnc2n1CCN(c1cc(OC)ncn1)[C@@H]2C. The van der Waals surface area contributed by atoms with Crippen LogP contribution in [0, 0.1) is 0 Å². The molecule has 2 aromatic rings. The van der Waals surface area contributed by atoms with E-state index in [1.807, 2.05) is 12.3 Å². The molecule has 0 fully saturated rings. The van der Waals surface area contributed by atoms with Crippen LogP contribution in [-0.2, 0) is 17.9 Å². The Bertz CT molecular complexity index is 628. The second-order valence-corrected chi connectivity index (χ2v) is 4.98. The van der Waals surface area contributed by atoms with E-state index in [1.54, 1.807) is 14.2 Å². The van der Waals surface area contributed by atoms with Crippen molar-refractivity contribution >= 4 is 5.82 Å². The fourth-order valence-corrected chi connectivity index (χ4v) is 2.73. The summed E-state index contributed by atoms with van der Waals surface area (Å²) in [5.74, 6) is 2.46. The lowest BCUT2D eigenvalue weighted by Gasteiger charge is -2.35. The Morgan fingerprint density at radius 2 is 2.10 bits per heavy atom. The molecule has 21 heavy (non-hydrogen) atoms. The number of imidazole rings is 1. The number of aromatic nitrogens is 4. The lowest BCUT2D eigenvalue weighted by atomic mass is 10.2. The fraction of sp³-hybridized carbons (Fsp3) is 0.500. The molecule has 2 aromatic heterocycles. The normalized spacial score (nSPS) is 17.7. The summed E-state index contributed by atoms with van der Waals surface area (Å²) in [6.07, 6.45) is 3.41. The third kappa shape index (κ3) is 2.44. The fourth-order valence-electron chi connectivity index (χ4n) is 2.73. The van der Waals surface area contributed by atoms with Gasteiger partial charge < -0.3 is 18.9 Å². The highest BCUT2D eigenvalue weighted by molar-refractivity contribution is 5.43. The first-order valence-electron chi connectivity index (χ1n) is 6.90. The molecule has 0 aliphatic carbocycles. The van der Waals surface area contributed by atoms with Crippen LogP contribution in [0.1, 0.15) is 24.5 Å². The van der Waals surface area contributed by atoms with Gasteiger partial charge in [0.25, 0.3) is 0 Å². The highest BCUT2D eigenvalue weighted by Crippen LogP contribution is 2.30. The number of fused-ring (bicyclic) bond motifs is 1. The highest BCUT2D eigenvalue weighted by atomic mass is 16.5. The average Bonchev–Trinajstić information content (AvgIpc) is 2.92. The molecule has 0 spiro atoms. The first-order valence-corrected chi connectivity index (χ1v) is 6.90. The van der Waals surface area contributed by atoms with E-state index < -0.39 is 0 Å². The van der Waals surface area contributed by atoms with Crippen LogP contribution in [0.25, 0.3) is 0 Å². The van der Waals surface area contributed by atoms with Crippen LogP contribution in [0.4, 0.5) is 5.82 Å². The molecule has 0 amide bonds. The maximum atomic E-state index is 5.22. The van der Waals surface area contributed by atoms with E-state index in [0.29, 0.717) is 12.5 Å². The summed E-state index contributed by atoms with van der Waals surface area (Å²) in [7, 11) is 3.31. The third-order valence-corrected chi connectivity index (χ3v) is 3.80. The Kier molecular flexibility index (Phi) is 3.74. The first kappa shape index (κ1) is 13.8. The van der Waals surface area contributed by atoms with E-state index in [-0.39, 0.29) is 6.04 Å². The Morgan fingerprint density at radius 3 is 2.86 bits per heavy atom. The smallest absolute Gasteiger partial charge is 0.218 e. The van der Waals surface area contributed by atoms with Crippen molar-refractivity contribution < 1.29 is 9.47 Å². The van der Waals surface area contributed by atoms with Crippen molar-refractivity contribution in [2.45, 2.75) is 26.1 Å². The van der Waals surface area contributed by atoms with Crippen LogP contribution in [0.15, 0.2) is 18.6 Å². The zero-order chi connectivity index (χ0) is 14.8. The van der Waals surface area contributed by atoms with E-state index in [4.69, 9.17) is 9.47 Å². The molecule has 3 rings (SSSR count). The van der Waals surface area contributed by atoms with Crippen molar-refractivity contribution in [2.24, 2.45) is 0 Å². The molecule has 0 saturated heterocycles. The maximum Gasteiger partial charge on any atom is 0.218 e. The van der Waals surface area contributed by atoms with E-state index in [2.05, 4.69) is 31.3 Å². The van der Waals surface area contributed by atoms with Crippen LogP contribution in [0.2, 0.25) is 0 Å². The summed E-state index contributed by atoms with van der Waals surface area (Å²) in [5.41, 5.74) is 1.11. The molecule has 0 bridgehead atoms. The number of rotatable bonds is 4. The van der Waals surface area contributed by atoms with Gasteiger partial charge in [0, 0.05) is 26.3 Å². The molecule has 1 aliphatic rings. The Hall–Kier alpha value is -2.15.